The third-order valence-corrected chi connectivity index (χ3v) is 2.49. The maximum Gasteiger partial charge on any atom is 0.00672 e. The maximum atomic E-state index is 5.93. The van der Waals surface area contributed by atoms with Gasteiger partial charge >= 0.3 is 0 Å². The van der Waals surface area contributed by atoms with Crippen LogP contribution in [0.4, 0.5) is 0 Å². The summed E-state index contributed by atoms with van der Waals surface area (Å²) in [6.07, 6.45) is 5.33. The molecule has 0 spiro atoms. The lowest BCUT2D eigenvalue weighted by atomic mass is 9.93. The van der Waals surface area contributed by atoms with Crippen molar-refractivity contribution < 1.29 is 0 Å². The molecule has 2 N–H and O–H groups in total. The van der Waals surface area contributed by atoms with Gasteiger partial charge in [-0.25, -0.2) is 0 Å². The van der Waals surface area contributed by atoms with Crippen LogP contribution in [0.1, 0.15) is 39.5 Å². The average Bonchev–Trinajstić information content (AvgIpc) is 2.15. The highest BCUT2D eigenvalue weighted by Gasteiger charge is 2.23. The van der Waals surface area contributed by atoms with Crippen LogP contribution in [0.15, 0.2) is 0 Å². The third-order valence-electron chi connectivity index (χ3n) is 2.49. The van der Waals surface area contributed by atoms with Crippen molar-refractivity contribution in [2.45, 2.75) is 45.6 Å². The Morgan fingerprint density at radius 2 is 2.10 bits per heavy atom. The molecule has 0 aromatic heterocycles. The standard InChI is InChI=1S/C9H19N/c1-7(2)6-8-4-3-5-9(8)10/h7-9H,3-6,10H2,1-2H3/t8?,9-/m1/s1. The van der Waals surface area contributed by atoms with Gasteiger partial charge in [-0.3, -0.25) is 0 Å². The van der Waals surface area contributed by atoms with Gasteiger partial charge in [0.25, 0.3) is 0 Å². The SMILES string of the molecule is CC(C)CC1CCC[C@H]1N. The van der Waals surface area contributed by atoms with Crippen LogP contribution in [0.5, 0.6) is 0 Å². The number of hydrogen-bond acceptors (Lipinski definition) is 1. The van der Waals surface area contributed by atoms with Crippen LogP contribution >= 0.6 is 0 Å². The molecule has 0 bridgehead atoms. The fourth-order valence-corrected chi connectivity index (χ4v) is 1.96. The fraction of sp³-hybridized carbons (Fsp3) is 1.00. The molecule has 0 heterocycles. The molecule has 0 saturated heterocycles. The molecule has 1 nitrogen and oxygen atoms in total. The van der Waals surface area contributed by atoms with E-state index in [-0.39, 0.29) is 0 Å². The summed E-state index contributed by atoms with van der Waals surface area (Å²) in [7, 11) is 0. The minimum absolute atomic E-state index is 0.516. The highest BCUT2D eigenvalue weighted by molar-refractivity contribution is 4.80. The van der Waals surface area contributed by atoms with Crippen LogP contribution in [0.3, 0.4) is 0 Å². The summed E-state index contributed by atoms with van der Waals surface area (Å²) >= 11 is 0. The molecule has 0 radical (unpaired) electrons. The Morgan fingerprint density at radius 3 is 2.50 bits per heavy atom. The van der Waals surface area contributed by atoms with E-state index in [1.807, 2.05) is 0 Å². The summed E-state index contributed by atoms with van der Waals surface area (Å²) in [5, 5.41) is 0. The van der Waals surface area contributed by atoms with E-state index in [1.54, 1.807) is 0 Å². The summed E-state index contributed by atoms with van der Waals surface area (Å²) in [5.74, 6) is 1.66. The lowest BCUT2D eigenvalue weighted by Crippen LogP contribution is -2.25. The van der Waals surface area contributed by atoms with E-state index in [0.717, 1.165) is 11.8 Å². The smallest absolute Gasteiger partial charge is 0.00672 e. The molecule has 10 heavy (non-hydrogen) atoms. The Hall–Kier alpha value is -0.0400. The van der Waals surface area contributed by atoms with Gasteiger partial charge in [-0.15, -0.1) is 0 Å². The van der Waals surface area contributed by atoms with Crippen LogP contribution < -0.4 is 5.73 Å². The lowest BCUT2D eigenvalue weighted by Gasteiger charge is -2.16. The minimum Gasteiger partial charge on any atom is -0.327 e. The van der Waals surface area contributed by atoms with Crippen LogP contribution in [0.25, 0.3) is 0 Å². The molecule has 1 aliphatic carbocycles. The van der Waals surface area contributed by atoms with Gasteiger partial charge in [0.15, 0.2) is 0 Å². The zero-order valence-electron chi connectivity index (χ0n) is 7.14. The Bertz CT molecular complexity index is 98.9. The first-order chi connectivity index (χ1) is 4.70. The zero-order chi connectivity index (χ0) is 7.56. The zero-order valence-corrected chi connectivity index (χ0v) is 7.14. The maximum absolute atomic E-state index is 5.93. The van der Waals surface area contributed by atoms with E-state index < -0.39 is 0 Å². The van der Waals surface area contributed by atoms with Gasteiger partial charge in [0.1, 0.15) is 0 Å². The van der Waals surface area contributed by atoms with E-state index in [4.69, 9.17) is 5.73 Å². The quantitative estimate of drug-likeness (QED) is 0.626. The van der Waals surface area contributed by atoms with Gasteiger partial charge in [-0.1, -0.05) is 20.3 Å². The van der Waals surface area contributed by atoms with Crippen molar-refractivity contribution in [1.29, 1.82) is 0 Å². The largest absolute Gasteiger partial charge is 0.327 e. The van der Waals surface area contributed by atoms with E-state index in [0.29, 0.717) is 6.04 Å². The van der Waals surface area contributed by atoms with E-state index in [2.05, 4.69) is 13.8 Å². The molecule has 1 unspecified atom stereocenters. The second-order valence-corrected chi connectivity index (χ2v) is 3.98. The molecular weight excluding hydrogens is 122 g/mol. The van der Waals surface area contributed by atoms with Crippen molar-refractivity contribution in [3.8, 4) is 0 Å². The van der Waals surface area contributed by atoms with Gasteiger partial charge < -0.3 is 5.73 Å². The van der Waals surface area contributed by atoms with Crippen molar-refractivity contribution in [3.05, 3.63) is 0 Å². The molecule has 1 heteroatoms. The molecule has 2 atom stereocenters. The summed E-state index contributed by atoms with van der Waals surface area (Å²) in [6, 6.07) is 0.516. The molecule has 0 aromatic rings. The topological polar surface area (TPSA) is 26.0 Å². The molecule has 1 saturated carbocycles. The number of nitrogens with two attached hydrogens (primary N) is 1. The van der Waals surface area contributed by atoms with E-state index in [1.165, 1.54) is 25.7 Å². The summed E-state index contributed by atoms with van der Waals surface area (Å²) < 4.78 is 0. The number of hydrogen-bond donors (Lipinski definition) is 1. The summed E-state index contributed by atoms with van der Waals surface area (Å²) in [5.41, 5.74) is 5.93. The predicted molar refractivity (Wildman–Crippen MR) is 44.8 cm³/mol. The van der Waals surface area contributed by atoms with Crippen LogP contribution in [-0.2, 0) is 0 Å². The van der Waals surface area contributed by atoms with Gasteiger partial charge in [0.2, 0.25) is 0 Å². The lowest BCUT2D eigenvalue weighted by molar-refractivity contribution is 0.383. The molecular formula is C9H19N. The van der Waals surface area contributed by atoms with E-state index >= 15 is 0 Å². The first-order valence-electron chi connectivity index (χ1n) is 4.45. The molecule has 0 aliphatic heterocycles. The molecule has 1 fully saturated rings. The number of rotatable bonds is 2. The normalized spacial score (nSPS) is 33.6. The molecule has 60 valence electrons. The van der Waals surface area contributed by atoms with Crippen molar-refractivity contribution in [2.75, 3.05) is 0 Å². The van der Waals surface area contributed by atoms with Crippen LogP contribution in [-0.4, -0.2) is 6.04 Å². The van der Waals surface area contributed by atoms with Crippen molar-refractivity contribution in [3.63, 3.8) is 0 Å². The van der Waals surface area contributed by atoms with Crippen molar-refractivity contribution in [2.24, 2.45) is 17.6 Å². The molecule has 1 rings (SSSR count). The predicted octanol–water partition coefficient (Wildman–Crippen LogP) is 2.16. The van der Waals surface area contributed by atoms with Gasteiger partial charge in [-0.2, -0.15) is 0 Å². The summed E-state index contributed by atoms with van der Waals surface area (Å²) in [6.45, 7) is 4.57. The van der Waals surface area contributed by atoms with Gasteiger partial charge in [0.05, 0.1) is 0 Å². The highest BCUT2D eigenvalue weighted by atomic mass is 14.7. The molecule has 0 amide bonds. The Balaban J connectivity index is 2.26. The van der Waals surface area contributed by atoms with E-state index in [9.17, 15) is 0 Å². The average molecular weight is 141 g/mol. The first kappa shape index (κ1) is 8.06. The second-order valence-electron chi connectivity index (χ2n) is 3.98. The first-order valence-corrected chi connectivity index (χ1v) is 4.45. The third kappa shape index (κ3) is 1.98. The highest BCUT2D eigenvalue weighted by Crippen LogP contribution is 2.29. The fourth-order valence-electron chi connectivity index (χ4n) is 1.96. The molecule has 1 aliphatic rings. The summed E-state index contributed by atoms with van der Waals surface area (Å²) in [4.78, 5) is 0. The second kappa shape index (κ2) is 3.38. The van der Waals surface area contributed by atoms with Crippen LogP contribution in [0, 0.1) is 11.8 Å². The van der Waals surface area contributed by atoms with Gasteiger partial charge in [0, 0.05) is 6.04 Å². The Morgan fingerprint density at radius 1 is 1.40 bits per heavy atom. The van der Waals surface area contributed by atoms with Crippen LogP contribution in [0.2, 0.25) is 0 Å². The monoisotopic (exact) mass is 141 g/mol. The Labute approximate surface area is 64.0 Å². The van der Waals surface area contributed by atoms with Crippen molar-refractivity contribution >= 4 is 0 Å². The van der Waals surface area contributed by atoms with Gasteiger partial charge in [-0.05, 0) is 31.1 Å². The minimum atomic E-state index is 0.516. The molecule has 0 aromatic carbocycles. The Kier molecular flexibility index (Phi) is 2.72. The van der Waals surface area contributed by atoms with Crippen molar-refractivity contribution in [1.82, 2.24) is 0 Å².